The summed E-state index contributed by atoms with van der Waals surface area (Å²) >= 11 is 0. The molecule has 32 heavy (non-hydrogen) atoms. The molecule has 8 nitrogen and oxygen atoms in total. The van der Waals surface area contributed by atoms with Crippen LogP contribution in [-0.2, 0) is 11.0 Å². The number of hydrogen-bond acceptors (Lipinski definition) is 6. The molecule has 0 radical (unpaired) electrons. The van der Waals surface area contributed by atoms with Crippen LogP contribution < -0.4 is 10.2 Å². The lowest BCUT2D eigenvalue weighted by Gasteiger charge is -2.35. The lowest BCUT2D eigenvalue weighted by molar-refractivity contribution is -0.384. The molecule has 1 heterocycles. The van der Waals surface area contributed by atoms with E-state index >= 15 is 0 Å². The molecule has 1 amide bonds. The zero-order valence-electron chi connectivity index (χ0n) is 16.9. The molecule has 2 aromatic carbocycles. The van der Waals surface area contributed by atoms with E-state index in [-0.39, 0.29) is 18.0 Å². The van der Waals surface area contributed by atoms with Gasteiger partial charge in [-0.15, -0.1) is 0 Å². The molecule has 0 saturated carbocycles. The monoisotopic (exact) mass is 447 g/mol. The number of nitro benzene ring substituents is 1. The van der Waals surface area contributed by atoms with Crippen LogP contribution >= 0.6 is 0 Å². The van der Waals surface area contributed by atoms with Crippen LogP contribution in [0, 0.1) is 21.4 Å². The van der Waals surface area contributed by atoms with Gasteiger partial charge in [0.1, 0.15) is 5.69 Å². The molecule has 11 heteroatoms. The number of benzene rings is 2. The highest BCUT2D eigenvalue weighted by Gasteiger charge is 2.34. The Morgan fingerprint density at radius 2 is 1.78 bits per heavy atom. The second kappa shape index (κ2) is 9.65. The van der Waals surface area contributed by atoms with Crippen LogP contribution in [0.15, 0.2) is 42.5 Å². The maximum absolute atomic E-state index is 12.9. The normalized spacial score (nSPS) is 14.6. The number of carbonyl (C=O) groups excluding carboxylic acids is 1. The molecule has 1 aliphatic heterocycles. The van der Waals surface area contributed by atoms with Gasteiger partial charge < -0.3 is 10.2 Å². The molecular formula is C21H20F3N5O3. The van der Waals surface area contributed by atoms with Crippen molar-refractivity contribution in [2.24, 2.45) is 0 Å². The van der Waals surface area contributed by atoms with E-state index in [2.05, 4.69) is 5.32 Å². The van der Waals surface area contributed by atoms with Gasteiger partial charge in [0.15, 0.2) is 0 Å². The van der Waals surface area contributed by atoms with Crippen molar-refractivity contribution in [1.82, 2.24) is 4.90 Å². The maximum Gasteiger partial charge on any atom is 0.416 e. The summed E-state index contributed by atoms with van der Waals surface area (Å²) in [5.74, 6) is -0.185. The number of rotatable bonds is 6. The quantitative estimate of drug-likeness (QED) is 0.536. The third kappa shape index (κ3) is 5.73. The van der Waals surface area contributed by atoms with Crippen molar-refractivity contribution in [2.75, 3.05) is 42.9 Å². The molecule has 1 N–H and O–H groups in total. The van der Waals surface area contributed by atoms with Crippen molar-refractivity contribution >= 4 is 23.0 Å². The third-order valence-electron chi connectivity index (χ3n) is 5.17. The van der Waals surface area contributed by atoms with E-state index in [4.69, 9.17) is 5.26 Å². The minimum Gasteiger partial charge on any atom is -0.363 e. The molecule has 0 bridgehead atoms. The van der Waals surface area contributed by atoms with Crippen LogP contribution in [0.5, 0.6) is 0 Å². The van der Waals surface area contributed by atoms with E-state index < -0.39 is 22.4 Å². The number of hydrogen-bond donors (Lipinski definition) is 1. The smallest absolute Gasteiger partial charge is 0.363 e. The summed E-state index contributed by atoms with van der Waals surface area (Å²) in [5.41, 5.74) is -0.390. The number of piperazine rings is 1. The Kier molecular flexibility index (Phi) is 6.95. The van der Waals surface area contributed by atoms with E-state index in [1.54, 1.807) is 29.2 Å². The Hall–Kier alpha value is -3.65. The summed E-state index contributed by atoms with van der Waals surface area (Å²) in [7, 11) is 0. The number of amides is 1. The van der Waals surface area contributed by atoms with Gasteiger partial charge in [-0.05, 0) is 36.4 Å². The van der Waals surface area contributed by atoms with Gasteiger partial charge in [-0.1, -0.05) is 0 Å². The number of anilines is 2. The number of nitro groups is 1. The highest BCUT2D eigenvalue weighted by molar-refractivity contribution is 5.90. The van der Waals surface area contributed by atoms with Gasteiger partial charge in [0.2, 0.25) is 5.91 Å². The largest absolute Gasteiger partial charge is 0.416 e. The minimum absolute atomic E-state index is 0.154. The Bertz CT molecular complexity index is 1030. The van der Waals surface area contributed by atoms with E-state index in [0.717, 1.165) is 12.1 Å². The van der Waals surface area contributed by atoms with Crippen molar-refractivity contribution in [3.8, 4) is 6.07 Å². The van der Waals surface area contributed by atoms with Crippen LogP contribution in [0.4, 0.5) is 30.2 Å². The predicted octanol–water partition coefficient (Wildman–Crippen LogP) is 3.64. The van der Waals surface area contributed by atoms with Gasteiger partial charge >= 0.3 is 6.18 Å². The van der Waals surface area contributed by atoms with Crippen LogP contribution in [0.25, 0.3) is 0 Å². The first kappa shape index (κ1) is 23.0. The zero-order valence-corrected chi connectivity index (χ0v) is 16.9. The molecule has 1 aliphatic rings. The summed E-state index contributed by atoms with van der Waals surface area (Å²) in [6.45, 7) is 2.29. The molecule has 0 aromatic heterocycles. The lowest BCUT2D eigenvalue weighted by Crippen LogP contribution is -2.47. The van der Waals surface area contributed by atoms with Gasteiger partial charge in [-0.25, -0.2) is 0 Å². The van der Waals surface area contributed by atoms with Gasteiger partial charge in [-0.3, -0.25) is 19.8 Å². The molecular weight excluding hydrogens is 427 g/mol. The fraction of sp³-hybridized carbons (Fsp3) is 0.333. The van der Waals surface area contributed by atoms with E-state index in [0.29, 0.717) is 50.0 Å². The zero-order chi connectivity index (χ0) is 23.3. The topological polar surface area (TPSA) is 103 Å². The number of halogens is 3. The molecule has 3 rings (SSSR count). The first-order chi connectivity index (χ1) is 15.2. The average Bonchev–Trinajstić information content (AvgIpc) is 2.77. The van der Waals surface area contributed by atoms with Gasteiger partial charge in [-0.2, -0.15) is 18.4 Å². The molecule has 2 aromatic rings. The third-order valence-corrected chi connectivity index (χ3v) is 5.17. The van der Waals surface area contributed by atoms with Crippen molar-refractivity contribution in [1.29, 1.82) is 5.26 Å². The summed E-state index contributed by atoms with van der Waals surface area (Å²) in [4.78, 5) is 26.4. The van der Waals surface area contributed by atoms with E-state index in [1.807, 2.05) is 11.0 Å². The number of carbonyl (C=O) groups is 1. The van der Waals surface area contributed by atoms with Crippen LogP contribution in [-0.4, -0.2) is 48.5 Å². The number of nitrogens with one attached hydrogen (secondary N) is 1. The van der Waals surface area contributed by atoms with Gasteiger partial charge in [0, 0.05) is 50.9 Å². The van der Waals surface area contributed by atoms with Gasteiger partial charge in [0.05, 0.1) is 22.1 Å². The molecule has 0 atom stereocenters. The van der Waals surface area contributed by atoms with E-state index in [9.17, 15) is 28.1 Å². The lowest BCUT2D eigenvalue weighted by atomic mass is 10.1. The Morgan fingerprint density at radius 1 is 1.12 bits per heavy atom. The minimum atomic E-state index is -4.65. The highest BCUT2D eigenvalue weighted by atomic mass is 19.4. The molecule has 0 spiro atoms. The van der Waals surface area contributed by atoms with Crippen molar-refractivity contribution in [2.45, 2.75) is 12.6 Å². The maximum atomic E-state index is 12.9. The summed E-state index contributed by atoms with van der Waals surface area (Å²) in [5, 5.41) is 22.9. The van der Waals surface area contributed by atoms with Crippen LogP contribution in [0.2, 0.25) is 0 Å². The standard InChI is InChI=1S/C21H20F3N5O3/c22-21(23,24)16-3-6-18(19(13-16)29(31)32)28-11-9-27(10-12-28)8-7-20(30)26-17-4-1-15(14-25)2-5-17/h1-6,13H,7-12H2,(H,26,30). The SMILES string of the molecule is N#Cc1ccc(NC(=O)CCN2CCN(c3ccc(C(F)(F)F)cc3[N+](=O)[O-])CC2)cc1. The number of nitriles is 1. The molecule has 0 unspecified atom stereocenters. The summed E-state index contributed by atoms with van der Waals surface area (Å²) < 4.78 is 38.7. The van der Waals surface area contributed by atoms with Crippen molar-refractivity contribution < 1.29 is 22.9 Å². The first-order valence-electron chi connectivity index (χ1n) is 9.80. The van der Waals surface area contributed by atoms with Crippen LogP contribution in [0.3, 0.4) is 0 Å². The first-order valence-corrected chi connectivity index (χ1v) is 9.80. The fourth-order valence-corrected chi connectivity index (χ4v) is 3.44. The second-order valence-electron chi connectivity index (χ2n) is 7.27. The Morgan fingerprint density at radius 3 is 2.34 bits per heavy atom. The number of nitrogens with zero attached hydrogens (tertiary/aromatic N) is 4. The molecule has 0 aliphatic carbocycles. The Balaban J connectivity index is 1.53. The predicted molar refractivity (Wildman–Crippen MR) is 111 cm³/mol. The second-order valence-corrected chi connectivity index (χ2v) is 7.27. The number of alkyl halides is 3. The highest BCUT2D eigenvalue weighted by Crippen LogP contribution is 2.36. The Labute approximate surface area is 182 Å². The molecule has 168 valence electrons. The van der Waals surface area contributed by atoms with E-state index in [1.165, 1.54) is 0 Å². The van der Waals surface area contributed by atoms with Gasteiger partial charge in [0.25, 0.3) is 5.69 Å². The molecule has 1 fully saturated rings. The fourth-order valence-electron chi connectivity index (χ4n) is 3.44. The average molecular weight is 447 g/mol. The summed E-state index contributed by atoms with van der Waals surface area (Å²) in [6, 6.07) is 11.1. The summed E-state index contributed by atoms with van der Waals surface area (Å²) in [6.07, 6.45) is -4.42. The molecule has 1 saturated heterocycles. The van der Waals surface area contributed by atoms with Crippen molar-refractivity contribution in [3.63, 3.8) is 0 Å². The van der Waals surface area contributed by atoms with Crippen molar-refractivity contribution in [3.05, 3.63) is 63.7 Å². The van der Waals surface area contributed by atoms with Crippen LogP contribution in [0.1, 0.15) is 17.5 Å².